The molecule has 2 aromatic heterocycles. The Kier molecular flexibility index (Phi) is 3.09. The van der Waals surface area contributed by atoms with Gasteiger partial charge in [0.15, 0.2) is 0 Å². The molecule has 4 heteroatoms. The van der Waals surface area contributed by atoms with E-state index in [1.54, 1.807) is 0 Å². The lowest BCUT2D eigenvalue weighted by Gasteiger charge is -2.28. The second kappa shape index (κ2) is 5.22. The smallest absolute Gasteiger partial charge is 0.137 e. The van der Waals surface area contributed by atoms with Crippen LogP contribution >= 0.6 is 0 Å². The Morgan fingerprint density at radius 3 is 2.62 bits per heavy atom. The lowest BCUT2D eigenvalue weighted by atomic mass is 10.1. The van der Waals surface area contributed by atoms with Gasteiger partial charge in [-0.05, 0) is 29.8 Å². The third-order valence-corrected chi connectivity index (χ3v) is 3.98. The molecule has 3 aromatic rings. The van der Waals surface area contributed by atoms with Crippen LogP contribution in [0.2, 0.25) is 0 Å². The van der Waals surface area contributed by atoms with Crippen LogP contribution in [-0.4, -0.2) is 36.3 Å². The molecule has 21 heavy (non-hydrogen) atoms. The van der Waals surface area contributed by atoms with Crippen molar-refractivity contribution in [2.24, 2.45) is 0 Å². The first-order chi connectivity index (χ1) is 10.4. The van der Waals surface area contributed by atoms with E-state index in [2.05, 4.69) is 45.2 Å². The van der Waals surface area contributed by atoms with Crippen molar-refractivity contribution >= 4 is 16.7 Å². The van der Waals surface area contributed by atoms with Crippen LogP contribution < -0.4 is 4.90 Å². The number of hydrogen-bond donors (Lipinski definition) is 1. The number of anilines is 1. The molecule has 4 nitrogen and oxygen atoms in total. The van der Waals surface area contributed by atoms with Crippen molar-refractivity contribution in [3.05, 3.63) is 48.8 Å². The van der Waals surface area contributed by atoms with E-state index in [9.17, 15) is 0 Å². The number of pyridine rings is 1. The van der Waals surface area contributed by atoms with Gasteiger partial charge in [-0.15, -0.1) is 0 Å². The third kappa shape index (κ3) is 2.38. The number of fused-ring (bicyclic) bond motifs is 1. The second-order valence-corrected chi connectivity index (χ2v) is 5.29. The molecule has 1 fully saturated rings. The molecule has 0 atom stereocenters. The first-order valence-corrected chi connectivity index (χ1v) is 7.26. The molecule has 0 amide bonds. The molecule has 4 rings (SSSR count). The zero-order chi connectivity index (χ0) is 14.1. The van der Waals surface area contributed by atoms with Crippen LogP contribution in [0, 0.1) is 0 Å². The standard InChI is InChI=1S/C17H17N3O/c1-3-16(20-7-9-21-10-8-20)4-2-13(1)15-11-14-5-6-18-17(14)19-12-15/h1-6,11-12H,7-10H2,(H,18,19). The average molecular weight is 279 g/mol. The van der Waals surface area contributed by atoms with Crippen molar-refractivity contribution < 1.29 is 4.74 Å². The van der Waals surface area contributed by atoms with Crippen LogP contribution in [0.25, 0.3) is 22.2 Å². The zero-order valence-corrected chi connectivity index (χ0v) is 11.7. The lowest BCUT2D eigenvalue weighted by Crippen LogP contribution is -2.36. The summed E-state index contributed by atoms with van der Waals surface area (Å²) in [7, 11) is 0. The summed E-state index contributed by atoms with van der Waals surface area (Å²) in [5.41, 5.74) is 4.54. The van der Waals surface area contributed by atoms with Crippen LogP contribution in [0.1, 0.15) is 0 Å². The first-order valence-electron chi connectivity index (χ1n) is 7.26. The molecule has 3 heterocycles. The van der Waals surface area contributed by atoms with Crippen LogP contribution in [0.5, 0.6) is 0 Å². The molecule has 1 aromatic carbocycles. The largest absolute Gasteiger partial charge is 0.378 e. The maximum absolute atomic E-state index is 5.39. The number of aromatic nitrogens is 2. The molecule has 1 N–H and O–H groups in total. The number of ether oxygens (including phenoxy) is 1. The SMILES string of the molecule is c1cc2cc(-c3ccc(N4CCOCC4)cc3)cnc2[nH]1. The van der Waals surface area contributed by atoms with Gasteiger partial charge in [0.1, 0.15) is 5.65 Å². The van der Waals surface area contributed by atoms with Gasteiger partial charge < -0.3 is 14.6 Å². The highest BCUT2D eigenvalue weighted by Crippen LogP contribution is 2.25. The summed E-state index contributed by atoms with van der Waals surface area (Å²) in [6.07, 6.45) is 3.84. The van der Waals surface area contributed by atoms with E-state index in [4.69, 9.17) is 4.74 Å². The Morgan fingerprint density at radius 1 is 1.00 bits per heavy atom. The van der Waals surface area contributed by atoms with E-state index in [1.165, 1.54) is 11.3 Å². The molecule has 1 aliphatic heterocycles. The van der Waals surface area contributed by atoms with Gasteiger partial charge >= 0.3 is 0 Å². The highest BCUT2D eigenvalue weighted by molar-refractivity contribution is 5.81. The predicted molar refractivity (Wildman–Crippen MR) is 84.6 cm³/mol. The van der Waals surface area contributed by atoms with Crippen LogP contribution in [0.4, 0.5) is 5.69 Å². The topological polar surface area (TPSA) is 41.1 Å². The fourth-order valence-electron chi connectivity index (χ4n) is 2.78. The van der Waals surface area contributed by atoms with Gasteiger partial charge in [-0.25, -0.2) is 4.98 Å². The monoisotopic (exact) mass is 279 g/mol. The van der Waals surface area contributed by atoms with Crippen molar-refractivity contribution in [1.82, 2.24) is 9.97 Å². The van der Waals surface area contributed by atoms with Crippen molar-refractivity contribution in [3.63, 3.8) is 0 Å². The van der Waals surface area contributed by atoms with Crippen molar-refractivity contribution in [2.75, 3.05) is 31.2 Å². The predicted octanol–water partition coefficient (Wildman–Crippen LogP) is 3.07. The minimum atomic E-state index is 0.815. The molecule has 0 saturated carbocycles. The van der Waals surface area contributed by atoms with E-state index in [-0.39, 0.29) is 0 Å². The molecule has 0 spiro atoms. The summed E-state index contributed by atoms with van der Waals surface area (Å²) < 4.78 is 5.39. The Bertz CT molecular complexity index is 742. The van der Waals surface area contributed by atoms with Crippen molar-refractivity contribution in [2.45, 2.75) is 0 Å². The quantitative estimate of drug-likeness (QED) is 0.784. The Morgan fingerprint density at radius 2 is 1.81 bits per heavy atom. The van der Waals surface area contributed by atoms with E-state index < -0.39 is 0 Å². The summed E-state index contributed by atoms with van der Waals surface area (Å²) >= 11 is 0. The number of nitrogens with zero attached hydrogens (tertiary/aromatic N) is 2. The molecule has 1 aliphatic rings. The Hall–Kier alpha value is -2.33. The van der Waals surface area contributed by atoms with Gasteiger partial charge in [-0.3, -0.25) is 0 Å². The zero-order valence-electron chi connectivity index (χ0n) is 11.7. The highest BCUT2D eigenvalue weighted by Gasteiger charge is 2.11. The maximum Gasteiger partial charge on any atom is 0.137 e. The summed E-state index contributed by atoms with van der Waals surface area (Å²) in [6.45, 7) is 3.57. The molecule has 0 radical (unpaired) electrons. The molecule has 106 valence electrons. The third-order valence-electron chi connectivity index (χ3n) is 3.98. The first kappa shape index (κ1) is 12.4. The van der Waals surface area contributed by atoms with Gasteiger partial charge in [-0.1, -0.05) is 12.1 Å². The van der Waals surface area contributed by atoms with Gasteiger partial charge in [-0.2, -0.15) is 0 Å². The molecular formula is C17H17N3O. The Balaban J connectivity index is 1.62. The van der Waals surface area contributed by atoms with E-state index in [0.717, 1.165) is 42.9 Å². The molecule has 0 unspecified atom stereocenters. The minimum Gasteiger partial charge on any atom is -0.378 e. The fourth-order valence-corrected chi connectivity index (χ4v) is 2.78. The number of rotatable bonds is 2. The van der Waals surface area contributed by atoms with Crippen LogP contribution in [-0.2, 0) is 4.74 Å². The number of nitrogens with one attached hydrogen (secondary N) is 1. The van der Waals surface area contributed by atoms with Gasteiger partial charge in [0, 0.05) is 42.1 Å². The normalized spacial score (nSPS) is 15.5. The van der Waals surface area contributed by atoms with Gasteiger partial charge in [0.25, 0.3) is 0 Å². The van der Waals surface area contributed by atoms with Gasteiger partial charge in [0.2, 0.25) is 0 Å². The van der Waals surface area contributed by atoms with Crippen molar-refractivity contribution in [3.8, 4) is 11.1 Å². The Labute approximate surface area is 123 Å². The molecule has 1 saturated heterocycles. The lowest BCUT2D eigenvalue weighted by molar-refractivity contribution is 0.122. The van der Waals surface area contributed by atoms with E-state index in [1.807, 2.05) is 18.5 Å². The number of H-pyrrole nitrogens is 1. The number of hydrogen-bond acceptors (Lipinski definition) is 3. The van der Waals surface area contributed by atoms with Crippen molar-refractivity contribution in [1.29, 1.82) is 0 Å². The maximum atomic E-state index is 5.39. The molecular weight excluding hydrogens is 262 g/mol. The summed E-state index contributed by atoms with van der Waals surface area (Å²) in [6, 6.07) is 12.9. The highest BCUT2D eigenvalue weighted by atomic mass is 16.5. The second-order valence-electron chi connectivity index (χ2n) is 5.29. The van der Waals surface area contributed by atoms with Crippen LogP contribution in [0.3, 0.4) is 0 Å². The van der Waals surface area contributed by atoms with E-state index >= 15 is 0 Å². The molecule has 0 aliphatic carbocycles. The minimum absolute atomic E-state index is 0.815. The van der Waals surface area contributed by atoms with Gasteiger partial charge in [0.05, 0.1) is 13.2 Å². The number of benzene rings is 1. The average Bonchev–Trinajstić information content (AvgIpc) is 3.03. The number of aromatic amines is 1. The summed E-state index contributed by atoms with van der Waals surface area (Å²) in [5, 5.41) is 1.14. The summed E-state index contributed by atoms with van der Waals surface area (Å²) in [5.74, 6) is 0. The van der Waals surface area contributed by atoms with Crippen LogP contribution in [0.15, 0.2) is 48.8 Å². The number of morpholine rings is 1. The fraction of sp³-hybridized carbons (Fsp3) is 0.235. The molecule has 0 bridgehead atoms. The van der Waals surface area contributed by atoms with E-state index in [0.29, 0.717) is 0 Å². The summed E-state index contributed by atoms with van der Waals surface area (Å²) in [4.78, 5) is 9.93.